The number of hydrogen-bond acceptors (Lipinski definition) is 5. The van der Waals surface area contributed by atoms with Gasteiger partial charge in [0, 0.05) is 32.5 Å². The molecule has 0 saturated heterocycles. The third kappa shape index (κ3) is 4.22. The van der Waals surface area contributed by atoms with Crippen LogP contribution in [0.15, 0.2) is 18.3 Å². The van der Waals surface area contributed by atoms with Crippen LogP contribution in [-0.4, -0.2) is 43.0 Å². The molecule has 1 amide bonds. The molecule has 0 spiro atoms. The number of rotatable bonds is 7. The average Bonchev–Trinajstić information content (AvgIpc) is 2.96. The molecule has 0 radical (unpaired) electrons. The first-order valence-electron chi connectivity index (χ1n) is 8.59. The quantitative estimate of drug-likeness (QED) is 0.743. The third-order valence-electron chi connectivity index (χ3n) is 4.13. The normalized spacial score (nSPS) is 10.5. The van der Waals surface area contributed by atoms with E-state index >= 15 is 0 Å². The minimum absolute atomic E-state index is 0.241. The number of carbonyl (C=O) groups excluding carboxylic acids is 2. The van der Waals surface area contributed by atoms with E-state index in [0.717, 1.165) is 17.8 Å². The van der Waals surface area contributed by atoms with Crippen molar-refractivity contribution < 1.29 is 14.3 Å². The number of aromatic nitrogens is 2. The fraction of sp³-hybridized carbons (Fsp3) is 0.421. The Hall–Kier alpha value is -2.83. The van der Waals surface area contributed by atoms with Crippen LogP contribution in [-0.2, 0) is 17.7 Å². The first-order valence-corrected chi connectivity index (χ1v) is 8.59. The lowest BCUT2D eigenvalue weighted by Gasteiger charge is -2.12. The molecule has 140 valence electrons. The number of carbonyl (C=O) groups is 2. The van der Waals surface area contributed by atoms with Gasteiger partial charge in [0.15, 0.2) is 0 Å². The van der Waals surface area contributed by atoms with Crippen LogP contribution >= 0.6 is 0 Å². The van der Waals surface area contributed by atoms with Crippen LogP contribution in [0.4, 0.5) is 5.82 Å². The molecule has 2 aromatic heterocycles. The number of H-pyrrole nitrogens is 1. The lowest BCUT2D eigenvalue weighted by molar-refractivity contribution is 0.0599. The number of aromatic amines is 1. The summed E-state index contributed by atoms with van der Waals surface area (Å²) in [6.45, 7) is 4.15. The van der Waals surface area contributed by atoms with Crippen LogP contribution in [0.25, 0.3) is 0 Å². The van der Waals surface area contributed by atoms with Gasteiger partial charge in [-0.2, -0.15) is 0 Å². The summed E-state index contributed by atoms with van der Waals surface area (Å²) in [5.74, 6) is 0.160. The van der Waals surface area contributed by atoms with Crippen molar-refractivity contribution in [1.82, 2.24) is 15.3 Å². The second-order valence-electron chi connectivity index (χ2n) is 6.32. The van der Waals surface area contributed by atoms with Crippen molar-refractivity contribution in [3.05, 3.63) is 46.4 Å². The Morgan fingerprint density at radius 3 is 2.69 bits per heavy atom. The number of aryl methyl sites for hydroxylation is 1. The number of nitrogens with zero attached hydrogens (tertiary/aromatic N) is 2. The Balaban J connectivity index is 2.21. The van der Waals surface area contributed by atoms with E-state index in [1.165, 1.54) is 7.11 Å². The molecule has 0 aliphatic heterocycles. The number of nitrogens with one attached hydrogen (secondary N) is 2. The summed E-state index contributed by atoms with van der Waals surface area (Å²) >= 11 is 0. The monoisotopic (exact) mass is 358 g/mol. The van der Waals surface area contributed by atoms with Gasteiger partial charge in [0.1, 0.15) is 11.5 Å². The van der Waals surface area contributed by atoms with Crippen LogP contribution in [0.3, 0.4) is 0 Å². The Bertz CT molecular complexity index is 796. The number of hydrogen-bond donors (Lipinski definition) is 2. The minimum Gasteiger partial charge on any atom is -0.465 e. The van der Waals surface area contributed by atoms with Gasteiger partial charge < -0.3 is 19.9 Å². The molecule has 2 heterocycles. The second kappa shape index (κ2) is 8.51. The predicted octanol–water partition coefficient (Wildman–Crippen LogP) is 2.45. The third-order valence-corrected chi connectivity index (χ3v) is 4.13. The highest BCUT2D eigenvalue weighted by Gasteiger charge is 2.24. The van der Waals surface area contributed by atoms with Gasteiger partial charge in [-0.25, -0.2) is 9.78 Å². The van der Waals surface area contributed by atoms with E-state index < -0.39 is 5.97 Å². The van der Waals surface area contributed by atoms with Crippen molar-refractivity contribution in [2.45, 2.75) is 33.2 Å². The van der Waals surface area contributed by atoms with Gasteiger partial charge in [-0.1, -0.05) is 13.3 Å². The summed E-state index contributed by atoms with van der Waals surface area (Å²) in [5, 5.41) is 2.91. The van der Waals surface area contributed by atoms with E-state index in [1.54, 1.807) is 13.1 Å². The Morgan fingerprint density at radius 2 is 2.08 bits per heavy atom. The molecule has 0 aliphatic carbocycles. The Labute approximate surface area is 153 Å². The minimum atomic E-state index is -0.425. The average molecular weight is 358 g/mol. The summed E-state index contributed by atoms with van der Waals surface area (Å²) in [6.07, 6.45) is 3.16. The Morgan fingerprint density at radius 1 is 1.35 bits per heavy atom. The van der Waals surface area contributed by atoms with Gasteiger partial charge in [0.25, 0.3) is 5.91 Å². The van der Waals surface area contributed by atoms with Crippen molar-refractivity contribution in [3.63, 3.8) is 0 Å². The lowest BCUT2D eigenvalue weighted by atomic mass is 10.0. The van der Waals surface area contributed by atoms with Crippen molar-refractivity contribution in [2.75, 3.05) is 26.1 Å². The van der Waals surface area contributed by atoms with Crippen LogP contribution in [0.1, 0.15) is 51.0 Å². The van der Waals surface area contributed by atoms with Gasteiger partial charge in [-0.15, -0.1) is 0 Å². The molecule has 0 fully saturated rings. The van der Waals surface area contributed by atoms with E-state index in [0.29, 0.717) is 35.5 Å². The van der Waals surface area contributed by atoms with Crippen LogP contribution in [0, 0.1) is 6.92 Å². The number of esters is 1. The number of amides is 1. The van der Waals surface area contributed by atoms with Crippen molar-refractivity contribution in [3.8, 4) is 0 Å². The van der Waals surface area contributed by atoms with E-state index in [4.69, 9.17) is 4.74 Å². The summed E-state index contributed by atoms with van der Waals surface area (Å²) in [4.78, 5) is 34.0. The molecule has 0 aromatic carbocycles. The zero-order valence-corrected chi connectivity index (χ0v) is 16.0. The molecule has 0 unspecified atom stereocenters. The van der Waals surface area contributed by atoms with E-state index in [2.05, 4.69) is 15.3 Å². The van der Waals surface area contributed by atoms with Gasteiger partial charge in [0.2, 0.25) is 0 Å². The Kier molecular flexibility index (Phi) is 6.38. The molecule has 0 saturated carbocycles. The highest BCUT2D eigenvalue weighted by atomic mass is 16.5. The fourth-order valence-corrected chi connectivity index (χ4v) is 2.83. The summed E-state index contributed by atoms with van der Waals surface area (Å²) in [5.41, 5.74) is 3.18. The first kappa shape index (κ1) is 19.5. The molecule has 7 nitrogen and oxygen atoms in total. The summed E-state index contributed by atoms with van der Waals surface area (Å²) in [7, 11) is 5.17. The molecule has 7 heteroatoms. The number of ether oxygens (including phenoxy) is 1. The molecule has 0 atom stereocenters. The van der Waals surface area contributed by atoms with Crippen LogP contribution < -0.4 is 10.2 Å². The topological polar surface area (TPSA) is 87.3 Å². The van der Waals surface area contributed by atoms with Gasteiger partial charge >= 0.3 is 5.97 Å². The van der Waals surface area contributed by atoms with Crippen molar-refractivity contribution in [1.29, 1.82) is 0 Å². The molecule has 2 N–H and O–H groups in total. The standard InChI is InChI=1S/C19H26N4O3/c1-6-7-14-16(19(25)26-5)12(2)22-17(14)18(24)21-11-13-8-9-20-15(10-13)23(3)4/h8-10,22H,6-7,11H2,1-5H3,(H,21,24). The SMILES string of the molecule is CCCc1c(C(=O)NCc2ccnc(N(C)C)c2)[nH]c(C)c1C(=O)OC. The number of anilines is 1. The number of pyridine rings is 1. The van der Waals surface area contributed by atoms with E-state index in [-0.39, 0.29) is 5.91 Å². The second-order valence-corrected chi connectivity index (χ2v) is 6.32. The van der Waals surface area contributed by atoms with Crippen LogP contribution in [0.5, 0.6) is 0 Å². The molecule has 0 bridgehead atoms. The molecular weight excluding hydrogens is 332 g/mol. The first-order chi connectivity index (χ1) is 12.4. The van der Waals surface area contributed by atoms with E-state index in [9.17, 15) is 9.59 Å². The van der Waals surface area contributed by atoms with Gasteiger partial charge in [0.05, 0.1) is 12.7 Å². The largest absolute Gasteiger partial charge is 0.465 e. The maximum Gasteiger partial charge on any atom is 0.339 e. The zero-order valence-electron chi connectivity index (χ0n) is 16.0. The highest BCUT2D eigenvalue weighted by Crippen LogP contribution is 2.22. The molecule has 2 aromatic rings. The summed E-state index contributed by atoms with van der Waals surface area (Å²) < 4.78 is 4.86. The fourth-order valence-electron chi connectivity index (χ4n) is 2.83. The molecule has 2 rings (SSSR count). The molecular formula is C19H26N4O3. The molecule has 26 heavy (non-hydrogen) atoms. The summed E-state index contributed by atoms with van der Waals surface area (Å²) in [6, 6.07) is 3.78. The number of methoxy groups -OCH3 is 1. The highest BCUT2D eigenvalue weighted by molar-refractivity contribution is 6.00. The smallest absolute Gasteiger partial charge is 0.339 e. The van der Waals surface area contributed by atoms with Gasteiger partial charge in [-0.3, -0.25) is 4.79 Å². The molecule has 0 aliphatic rings. The van der Waals surface area contributed by atoms with Crippen LogP contribution in [0.2, 0.25) is 0 Å². The van der Waals surface area contributed by atoms with Crippen molar-refractivity contribution >= 4 is 17.7 Å². The van der Waals surface area contributed by atoms with Gasteiger partial charge in [-0.05, 0) is 36.6 Å². The zero-order chi connectivity index (χ0) is 19.3. The maximum absolute atomic E-state index is 12.7. The van der Waals surface area contributed by atoms with Crippen molar-refractivity contribution in [2.24, 2.45) is 0 Å². The lowest BCUT2D eigenvalue weighted by Crippen LogP contribution is -2.24. The predicted molar refractivity (Wildman–Crippen MR) is 101 cm³/mol. The van der Waals surface area contributed by atoms with E-state index in [1.807, 2.05) is 38.1 Å². The maximum atomic E-state index is 12.7.